The Labute approximate surface area is 225 Å². The van der Waals surface area contributed by atoms with Gasteiger partial charge in [0, 0.05) is 16.1 Å². The van der Waals surface area contributed by atoms with Crippen LogP contribution in [0.1, 0.15) is 21.5 Å². The molecule has 38 heavy (non-hydrogen) atoms. The first kappa shape index (κ1) is 26.7. The van der Waals surface area contributed by atoms with Crippen molar-refractivity contribution in [3.63, 3.8) is 0 Å². The molecular formula is C28H23ClN2O6S. The summed E-state index contributed by atoms with van der Waals surface area (Å²) in [4.78, 5) is 12.6. The van der Waals surface area contributed by atoms with Gasteiger partial charge in [0.1, 0.15) is 11.5 Å². The normalized spacial score (nSPS) is 11.2. The number of hydrazone groups is 1. The Hall–Kier alpha value is -4.34. The van der Waals surface area contributed by atoms with Gasteiger partial charge in [-0.15, -0.1) is 0 Å². The summed E-state index contributed by atoms with van der Waals surface area (Å²) in [5.41, 5.74) is 4.05. The molecule has 0 heterocycles. The molecule has 194 valence electrons. The molecule has 8 nitrogen and oxygen atoms in total. The first-order chi connectivity index (χ1) is 18.4. The third-order valence-corrected chi connectivity index (χ3v) is 6.75. The number of methoxy groups -OCH3 is 1. The largest absolute Gasteiger partial charge is 0.493 e. The quantitative estimate of drug-likeness (QED) is 0.160. The number of hydrogen-bond donors (Lipinski definition) is 1. The van der Waals surface area contributed by atoms with Crippen LogP contribution in [0.5, 0.6) is 17.2 Å². The molecule has 0 fully saturated rings. The maximum atomic E-state index is 12.7. The lowest BCUT2D eigenvalue weighted by Crippen LogP contribution is -2.18. The van der Waals surface area contributed by atoms with Gasteiger partial charge in [0.2, 0.25) is 0 Å². The molecule has 0 radical (unpaired) electrons. The first-order valence-electron chi connectivity index (χ1n) is 11.3. The van der Waals surface area contributed by atoms with Crippen LogP contribution in [0.2, 0.25) is 5.02 Å². The highest BCUT2D eigenvalue weighted by Crippen LogP contribution is 2.29. The number of para-hydroxylation sites is 1. The molecule has 0 atom stereocenters. The minimum absolute atomic E-state index is 0.0436. The van der Waals surface area contributed by atoms with Crippen molar-refractivity contribution in [2.24, 2.45) is 5.10 Å². The standard InChI is InChI=1S/C28H23ClN2O6S/c1-35-27-17-21(11-16-26(27)36-19-20-7-3-2-4-8-20)28(32)31-30-18-22-9-5-6-10-25(22)37-38(33,34)24-14-12-23(29)13-15-24/h2-18H,19H2,1H3,(H,31,32)/b30-18+. The Kier molecular flexibility index (Phi) is 8.62. The smallest absolute Gasteiger partial charge is 0.339 e. The number of benzene rings is 4. The topological polar surface area (TPSA) is 103 Å². The number of carbonyl (C=O) groups excluding carboxylic acids is 1. The van der Waals surface area contributed by atoms with E-state index in [0.29, 0.717) is 34.3 Å². The van der Waals surface area contributed by atoms with Gasteiger partial charge in [-0.3, -0.25) is 4.79 Å². The molecule has 0 bridgehead atoms. The summed E-state index contributed by atoms with van der Waals surface area (Å²) in [6.07, 6.45) is 1.29. The van der Waals surface area contributed by atoms with Crippen LogP contribution in [-0.4, -0.2) is 27.6 Å². The molecule has 4 rings (SSSR count). The van der Waals surface area contributed by atoms with E-state index in [1.165, 1.54) is 43.7 Å². The van der Waals surface area contributed by atoms with Crippen molar-refractivity contribution in [3.8, 4) is 17.2 Å². The molecule has 4 aromatic rings. The Bertz CT molecular complexity index is 1540. The van der Waals surface area contributed by atoms with E-state index >= 15 is 0 Å². The van der Waals surface area contributed by atoms with Crippen molar-refractivity contribution in [2.45, 2.75) is 11.5 Å². The van der Waals surface area contributed by atoms with Gasteiger partial charge in [-0.2, -0.15) is 13.5 Å². The lowest BCUT2D eigenvalue weighted by molar-refractivity contribution is 0.0954. The lowest BCUT2D eigenvalue weighted by Gasteiger charge is -2.12. The minimum atomic E-state index is -4.10. The summed E-state index contributed by atoms with van der Waals surface area (Å²) >= 11 is 5.84. The number of halogens is 1. The second kappa shape index (κ2) is 12.3. The molecule has 0 aromatic heterocycles. The van der Waals surface area contributed by atoms with Gasteiger partial charge in [-0.1, -0.05) is 54.1 Å². The van der Waals surface area contributed by atoms with Crippen LogP contribution in [0.25, 0.3) is 0 Å². The van der Waals surface area contributed by atoms with Crippen LogP contribution in [0.4, 0.5) is 0 Å². The van der Waals surface area contributed by atoms with Crippen molar-refractivity contribution >= 4 is 33.8 Å². The maximum absolute atomic E-state index is 12.7. The molecule has 1 amide bonds. The third kappa shape index (κ3) is 6.90. The zero-order chi connectivity index (χ0) is 27.0. The Morgan fingerprint density at radius 2 is 1.61 bits per heavy atom. The van der Waals surface area contributed by atoms with E-state index in [9.17, 15) is 13.2 Å². The Balaban J connectivity index is 1.42. The van der Waals surface area contributed by atoms with Crippen LogP contribution >= 0.6 is 11.6 Å². The van der Waals surface area contributed by atoms with E-state index in [1.54, 1.807) is 36.4 Å². The van der Waals surface area contributed by atoms with E-state index in [2.05, 4.69) is 10.5 Å². The number of rotatable bonds is 10. The molecule has 4 aromatic carbocycles. The van der Waals surface area contributed by atoms with Crippen molar-refractivity contribution in [2.75, 3.05) is 7.11 Å². The van der Waals surface area contributed by atoms with Crippen LogP contribution in [-0.2, 0) is 16.7 Å². The number of ether oxygens (including phenoxy) is 2. The van der Waals surface area contributed by atoms with E-state index in [0.717, 1.165) is 5.56 Å². The molecule has 0 aliphatic heterocycles. The summed E-state index contributed by atoms with van der Waals surface area (Å²) < 4.78 is 41.8. The molecular weight excluding hydrogens is 528 g/mol. The second-order valence-corrected chi connectivity index (χ2v) is 9.85. The molecule has 0 spiro atoms. The fourth-order valence-electron chi connectivity index (χ4n) is 3.32. The van der Waals surface area contributed by atoms with Crippen LogP contribution in [0.3, 0.4) is 0 Å². The zero-order valence-corrected chi connectivity index (χ0v) is 21.8. The summed E-state index contributed by atoms with van der Waals surface area (Å²) in [6.45, 7) is 0.349. The average Bonchev–Trinajstić information content (AvgIpc) is 2.93. The predicted octanol–water partition coefficient (Wildman–Crippen LogP) is 5.46. The van der Waals surface area contributed by atoms with Crippen LogP contribution < -0.4 is 19.1 Å². The minimum Gasteiger partial charge on any atom is -0.493 e. The van der Waals surface area contributed by atoms with Crippen molar-refractivity contribution < 1.29 is 26.9 Å². The van der Waals surface area contributed by atoms with Crippen molar-refractivity contribution in [3.05, 3.63) is 119 Å². The van der Waals surface area contributed by atoms with Gasteiger partial charge in [0.15, 0.2) is 17.2 Å². The number of amides is 1. The van der Waals surface area contributed by atoms with Crippen molar-refractivity contribution in [1.82, 2.24) is 5.43 Å². The van der Waals surface area contributed by atoms with E-state index < -0.39 is 16.0 Å². The molecule has 0 aliphatic rings. The molecule has 10 heteroatoms. The number of nitrogens with zero attached hydrogens (tertiary/aromatic N) is 1. The molecule has 0 unspecified atom stereocenters. The number of carbonyl (C=O) groups is 1. The van der Waals surface area contributed by atoms with E-state index in [1.807, 2.05) is 30.3 Å². The fourth-order valence-corrected chi connectivity index (χ4v) is 4.40. The lowest BCUT2D eigenvalue weighted by atomic mass is 10.2. The maximum Gasteiger partial charge on any atom is 0.339 e. The predicted molar refractivity (Wildman–Crippen MR) is 145 cm³/mol. The molecule has 0 aliphatic carbocycles. The summed E-state index contributed by atoms with van der Waals surface area (Å²) in [5.74, 6) is 0.427. The number of hydrogen-bond acceptors (Lipinski definition) is 7. The SMILES string of the molecule is COc1cc(C(=O)N/N=C/c2ccccc2OS(=O)(=O)c2ccc(Cl)cc2)ccc1OCc1ccccc1. The highest BCUT2D eigenvalue weighted by atomic mass is 35.5. The van der Waals surface area contributed by atoms with E-state index in [-0.39, 0.29) is 10.6 Å². The summed E-state index contributed by atoms with van der Waals surface area (Å²) in [7, 11) is -2.62. The van der Waals surface area contributed by atoms with Gasteiger partial charge in [0.05, 0.1) is 13.3 Å². The zero-order valence-electron chi connectivity index (χ0n) is 20.2. The van der Waals surface area contributed by atoms with Gasteiger partial charge in [0.25, 0.3) is 5.91 Å². The monoisotopic (exact) mass is 550 g/mol. The highest BCUT2D eigenvalue weighted by Gasteiger charge is 2.18. The second-order valence-electron chi connectivity index (χ2n) is 7.87. The van der Waals surface area contributed by atoms with Crippen LogP contribution in [0, 0.1) is 0 Å². The van der Waals surface area contributed by atoms with E-state index in [4.69, 9.17) is 25.3 Å². The van der Waals surface area contributed by atoms with Crippen LogP contribution in [0.15, 0.2) is 107 Å². The molecule has 0 saturated carbocycles. The van der Waals surface area contributed by atoms with Gasteiger partial charge < -0.3 is 13.7 Å². The molecule has 0 saturated heterocycles. The fraction of sp³-hybridized carbons (Fsp3) is 0.0714. The van der Waals surface area contributed by atoms with Gasteiger partial charge in [-0.05, 0) is 60.2 Å². The highest BCUT2D eigenvalue weighted by molar-refractivity contribution is 7.87. The Morgan fingerprint density at radius 3 is 2.34 bits per heavy atom. The summed E-state index contributed by atoms with van der Waals surface area (Å²) in [6, 6.07) is 26.4. The third-order valence-electron chi connectivity index (χ3n) is 5.25. The van der Waals surface area contributed by atoms with Gasteiger partial charge >= 0.3 is 10.1 Å². The van der Waals surface area contributed by atoms with Crippen molar-refractivity contribution in [1.29, 1.82) is 0 Å². The van der Waals surface area contributed by atoms with Gasteiger partial charge in [-0.25, -0.2) is 5.43 Å². The summed E-state index contributed by atoms with van der Waals surface area (Å²) in [5, 5.41) is 4.36. The average molecular weight is 551 g/mol. The Morgan fingerprint density at radius 1 is 0.895 bits per heavy atom. The first-order valence-corrected chi connectivity index (χ1v) is 13.1. The number of nitrogens with one attached hydrogen (secondary N) is 1. The molecule has 1 N–H and O–H groups in total.